The number of aliphatic imine (C=N–C) groups is 1. The second kappa shape index (κ2) is 5.05. The van der Waals surface area contributed by atoms with Crippen LogP contribution in [0.5, 0.6) is 0 Å². The van der Waals surface area contributed by atoms with Gasteiger partial charge in [0.1, 0.15) is 5.71 Å². The minimum atomic E-state index is -0.405. The molecule has 96 valence electrons. The number of Topliss-reactive ketones (excluding diaryl/α,β-unsaturated/α-hetero) is 1. The highest BCUT2D eigenvalue weighted by atomic mass is 16.2. The Bertz CT molecular complexity index is 743. The van der Waals surface area contributed by atoms with Crippen molar-refractivity contribution in [3.05, 3.63) is 77.4 Å². The average Bonchev–Trinajstić information content (AvgIpc) is 2.51. The van der Waals surface area contributed by atoms with Crippen molar-refractivity contribution in [3.8, 4) is 0 Å². The van der Waals surface area contributed by atoms with Gasteiger partial charge in [-0.1, -0.05) is 48.5 Å². The van der Waals surface area contributed by atoms with Gasteiger partial charge in [0.25, 0.3) is 5.91 Å². The molecule has 0 atom stereocenters. The van der Waals surface area contributed by atoms with Crippen LogP contribution in [0.4, 0.5) is 0 Å². The second-order valence-electron chi connectivity index (χ2n) is 4.42. The lowest BCUT2D eigenvalue weighted by Crippen LogP contribution is -2.18. The molecule has 1 aliphatic carbocycles. The van der Waals surface area contributed by atoms with Gasteiger partial charge < -0.3 is 0 Å². The lowest BCUT2D eigenvalue weighted by Gasteiger charge is -2.10. The fraction of sp³-hybridized carbons (Fsp3) is 0. The van der Waals surface area contributed by atoms with Gasteiger partial charge in [0.05, 0.1) is 0 Å². The molecule has 1 aliphatic rings. The molecule has 0 saturated carbocycles. The van der Waals surface area contributed by atoms with Gasteiger partial charge in [-0.3, -0.25) is 9.59 Å². The van der Waals surface area contributed by atoms with E-state index in [9.17, 15) is 9.59 Å². The van der Waals surface area contributed by atoms with Crippen LogP contribution in [0.1, 0.15) is 26.3 Å². The zero-order valence-electron chi connectivity index (χ0n) is 10.6. The number of carbonyl (C=O) groups excluding carboxylic acids is 2. The predicted molar refractivity (Wildman–Crippen MR) is 78.0 cm³/mol. The summed E-state index contributed by atoms with van der Waals surface area (Å²) in [7, 11) is 0. The summed E-state index contributed by atoms with van der Waals surface area (Å²) >= 11 is 0. The van der Waals surface area contributed by atoms with Crippen LogP contribution in [0.25, 0.3) is 6.08 Å². The van der Waals surface area contributed by atoms with Crippen LogP contribution in [-0.4, -0.2) is 17.4 Å². The van der Waals surface area contributed by atoms with Gasteiger partial charge in [0, 0.05) is 11.1 Å². The van der Waals surface area contributed by atoms with E-state index in [-0.39, 0.29) is 11.5 Å². The summed E-state index contributed by atoms with van der Waals surface area (Å²) in [5.74, 6) is -0.620. The number of rotatable bonds is 1. The van der Waals surface area contributed by atoms with Gasteiger partial charge in [-0.15, -0.1) is 0 Å². The zero-order valence-corrected chi connectivity index (χ0v) is 10.6. The molecular weight excluding hydrogens is 250 g/mol. The van der Waals surface area contributed by atoms with E-state index in [1.165, 1.54) is 0 Å². The molecule has 0 aromatic heterocycles. The predicted octanol–water partition coefficient (Wildman–Crippen LogP) is 3.18. The van der Waals surface area contributed by atoms with Gasteiger partial charge in [-0.2, -0.15) is 0 Å². The molecule has 0 spiro atoms. The molecule has 0 saturated heterocycles. The van der Waals surface area contributed by atoms with E-state index in [0.29, 0.717) is 11.1 Å². The normalized spacial score (nSPS) is 15.2. The van der Waals surface area contributed by atoms with Gasteiger partial charge in [-0.05, 0) is 23.8 Å². The number of amides is 1. The topological polar surface area (TPSA) is 46.5 Å². The zero-order chi connectivity index (χ0) is 13.9. The Balaban J connectivity index is 1.95. The first-order valence-electron chi connectivity index (χ1n) is 6.25. The van der Waals surface area contributed by atoms with Crippen LogP contribution >= 0.6 is 0 Å². The van der Waals surface area contributed by atoms with Crippen molar-refractivity contribution < 1.29 is 9.59 Å². The molecule has 2 aromatic carbocycles. The summed E-state index contributed by atoms with van der Waals surface area (Å²) in [6, 6.07) is 16.0. The Morgan fingerprint density at radius 2 is 1.55 bits per heavy atom. The molecule has 0 bridgehead atoms. The maximum atomic E-state index is 12.2. The molecule has 3 nitrogen and oxygen atoms in total. The standard InChI is InChI=1S/C17H11NO2/c19-16-14-9-5-4-6-12(14)10-11-15(16)18-17(20)13-7-2-1-3-8-13/h1-11H. The number of ketones is 1. The molecule has 3 rings (SSSR count). The van der Waals surface area contributed by atoms with Crippen molar-refractivity contribution >= 4 is 23.5 Å². The molecule has 0 fully saturated rings. The molecule has 2 aromatic rings. The first-order chi connectivity index (χ1) is 9.75. The maximum Gasteiger partial charge on any atom is 0.277 e. The number of hydrogen-bond donors (Lipinski definition) is 0. The number of allylic oxidation sites excluding steroid dienone is 1. The van der Waals surface area contributed by atoms with Crippen LogP contribution < -0.4 is 0 Å². The summed E-state index contributed by atoms with van der Waals surface area (Å²) in [4.78, 5) is 28.2. The van der Waals surface area contributed by atoms with E-state index in [4.69, 9.17) is 0 Å². The number of benzene rings is 2. The number of carbonyl (C=O) groups is 2. The van der Waals surface area contributed by atoms with Crippen molar-refractivity contribution in [1.29, 1.82) is 0 Å². The average molecular weight is 261 g/mol. The van der Waals surface area contributed by atoms with Gasteiger partial charge in [0.15, 0.2) is 0 Å². The third-order valence-corrected chi connectivity index (χ3v) is 3.10. The molecular formula is C17H11NO2. The fourth-order valence-corrected chi connectivity index (χ4v) is 2.07. The number of fused-ring (bicyclic) bond motifs is 1. The van der Waals surface area contributed by atoms with Crippen molar-refractivity contribution in [3.63, 3.8) is 0 Å². The first kappa shape index (κ1) is 12.2. The van der Waals surface area contributed by atoms with Crippen molar-refractivity contribution in [2.45, 2.75) is 0 Å². The monoisotopic (exact) mass is 261 g/mol. The fourth-order valence-electron chi connectivity index (χ4n) is 2.07. The second-order valence-corrected chi connectivity index (χ2v) is 4.42. The molecule has 0 unspecified atom stereocenters. The van der Waals surface area contributed by atoms with Gasteiger partial charge >= 0.3 is 0 Å². The molecule has 0 radical (unpaired) electrons. The van der Waals surface area contributed by atoms with E-state index in [1.54, 1.807) is 48.6 Å². The Hall–Kier alpha value is -2.81. The quantitative estimate of drug-likeness (QED) is 0.791. The summed E-state index contributed by atoms with van der Waals surface area (Å²) < 4.78 is 0. The minimum absolute atomic E-state index is 0.178. The van der Waals surface area contributed by atoms with Crippen LogP contribution in [0, 0.1) is 0 Å². The number of nitrogens with zero attached hydrogens (tertiary/aromatic N) is 1. The lowest BCUT2D eigenvalue weighted by atomic mass is 9.95. The van der Waals surface area contributed by atoms with Crippen LogP contribution in [0.2, 0.25) is 0 Å². The summed E-state index contributed by atoms with van der Waals surface area (Å²) in [5, 5.41) is 0. The van der Waals surface area contributed by atoms with E-state index >= 15 is 0 Å². The highest BCUT2D eigenvalue weighted by Gasteiger charge is 2.19. The van der Waals surface area contributed by atoms with Crippen molar-refractivity contribution in [2.24, 2.45) is 4.99 Å². The summed E-state index contributed by atoms with van der Waals surface area (Å²) in [6.45, 7) is 0. The maximum absolute atomic E-state index is 12.2. The van der Waals surface area contributed by atoms with Crippen LogP contribution in [0.3, 0.4) is 0 Å². The number of hydrogen-bond acceptors (Lipinski definition) is 2. The molecule has 0 aliphatic heterocycles. The highest BCUT2D eigenvalue weighted by molar-refractivity contribution is 6.53. The van der Waals surface area contributed by atoms with E-state index in [1.807, 2.05) is 18.2 Å². The first-order valence-corrected chi connectivity index (χ1v) is 6.25. The lowest BCUT2D eigenvalue weighted by molar-refractivity contribution is 0.0993. The molecule has 3 heteroatoms. The smallest absolute Gasteiger partial charge is 0.277 e. The van der Waals surface area contributed by atoms with Gasteiger partial charge in [0.2, 0.25) is 5.78 Å². The van der Waals surface area contributed by atoms with E-state index in [2.05, 4.69) is 4.99 Å². The van der Waals surface area contributed by atoms with Gasteiger partial charge in [-0.25, -0.2) is 4.99 Å². The highest BCUT2D eigenvalue weighted by Crippen LogP contribution is 2.18. The van der Waals surface area contributed by atoms with E-state index in [0.717, 1.165) is 5.56 Å². The van der Waals surface area contributed by atoms with E-state index < -0.39 is 5.91 Å². The third-order valence-electron chi connectivity index (χ3n) is 3.10. The van der Waals surface area contributed by atoms with Crippen LogP contribution in [-0.2, 0) is 0 Å². The largest absolute Gasteiger partial charge is 0.287 e. The van der Waals surface area contributed by atoms with Crippen molar-refractivity contribution in [2.75, 3.05) is 0 Å². The minimum Gasteiger partial charge on any atom is -0.287 e. The summed E-state index contributed by atoms with van der Waals surface area (Å²) in [5.41, 5.74) is 2.08. The SMILES string of the molecule is O=C(N=C1C=Cc2ccccc2C1=O)c1ccccc1. The third kappa shape index (κ3) is 2.21. The molecule has 20 heavy (non-hydrogen) atoms. The Morgan fingerprint density at radius 3 is 2.35 bits per heavy atom. The summed E-state index contributed by atoms with van der Waals surface area (Å²) in [6.07, 6.45) is 3.39. The van der Waals surface area contributed by atoms with Crippen molar-refractivity contribution in [1.82, 2.24) is 0 Å². The molecule has 1 amide bonds. The molecule has 0 N–H and O–H groups in total. The Morgan fingerprint density at radius 1 is 0.850 bits per heavy atom. The van der Waals surface area contributed by atoms with Crippen LogP contribution in [0.15, 0.2) is 65.7 Å². The Labute approximate surface area is 116 Å². The Kier molecular flexibility index (Phi) is 3.09. The molecule has 0 heterocycles.